The van der Waals surface area contributed by atoms with Gasteiger partial charge in [-0.05, 0) is 27.7 Å². The van der Waals surface area contributed by atoms with Crippen LogP contribution in [-0.4, -0.2) is 34.2 Å². The maximum atomic E-state index is 11.7. The first kappa shape index (κ1) is 11.2. The highest BCUT2D eigenvalue weighted by atomic mass is 32.1. The van der Waals surface area contributed by atoms with E-state index in [1.54, 1.807) is 11.9 Å². The van der Waals surface area contributed by atoms with E-state index in [9.17, 15) is 4.79 Å². The molecule has 1 rings (SSSR count). The van der Waals surface area contributed by atoms with E-state index in [4.69, 9.17) is 12.2 Å². The van der Waals surface area contributed by atoms with E-state index >= 15 is 0 Å². The Morgan fingerprint density at radius 1 is 1.43 bits per heavy atom. The van der Waals surface area contributed by atoms with Crippen LogP contribution in [0, 0.1) is 0 Å². The molecule has 0 aromatic rings. The second-order valence-electron chi connectivity index (χ2n) is 4.46. The van der Waals surface area contributed by atoms with Crippen molar-refractivity contribution in [2.24, 2.45) is 0 Å². The smallest absolute Gasteiger partial charge is 0.319 e. The standard InChI is InChI=1S/C9H17N3OS/c1-8(2)6(14)11-9(3,4)12(8)7(13)10-5/h1-5H3,(H,10,13)(H,11,14). The van der Waals surface area contributed by atoms with Gasteiger partial charge in [-0.15, -0.1) is 0 Å². The number of rotatable bonds is 0. The molecule has 1 heterocycles. The fraction of sp³-hybridized carbons (Fsp3) is 0.778. The van der Waals surface area contributed by atoms with Crippen LogP contribution in [0.25, 0.3) is 0 Å². The number of hydrogen-bond acceptors (Lipinski definition) is 2. The Bertz CT molecular complexity index is 286. The molecule has 0 unspecified atom stereocenters. The van der Waals surface area contributed by atoms with Gasteiger partial charge in [0.1, 0.15) is 10.7 Å². The van der Waals surface area contributed by atoms with Crippen LogP contribution in [0.4, 0.5) is 4.79 Å². The average molecular weight is 215 g/mol. The summed E-state index contributed by atoms with van der Waals surface area (Å²) in [6, 6.07) is -0.118. The zero-order valence-electron chi connectivity index (χ0n) is 9.26. The van der Waals surface area contributed by atoms with Crippen molar-refractivity contribution in [1.82, 2.24) is 15.5 Å². The molecule has 0 spiro atoms. The Balaban J connectivity index is 3.11. The molecule has 1 aliphatic heterocycles. The molecule has 1 saturated heterocycles. The van der Waals surface area contributed by atoms with Crippen molar-refractivity contribution < 1.29 is 4.79 Å². The minimum Gasteiger partial charge on any atom is -0.356 e. The van der Waals surface area contributed by atoms with Gasteiger partial charge in [-0.25, -0.2) is 4.79 Å². The SMILES string of the molecule is CNC(=O)N1C(C)(C)NC(=S)C1(C)C. The Kier molecular flexibility index (Phi) is 2.48. The van der Waals surface area contributed by atoms with Crippen LogP contribution in [0.2, 0.25) is 0 Å². The minimum atomic E-state index is -0.432. The van der Waals surface area contributed by atoms with Gasteiger partial charge in [0.25, 0.3) is 0 Å². The fourth-order valence-electron chi connectivity index (χ4n) is 1.91. The molecule has 5 heteroatoms. The van der Waals surface area contributed by atoms with Crippen LogP contribution in [0.3, 0.4) is 0 Å². The number of carbonyl (C=O) groups excluding carboxylic acids is 1. The molecule has 0 radical (unpaired) electrons. The predicted octanol–water partition coefficient (Wildman–Crippen LogP) is 1.07. The summed E-state index contributed by atoms with van der Waals surface area (Å²) >= 11 is 5.22. The highest BCUT2D eigenvalue weighted by Crippen LogP contribution is 2.31. The second-order valence-corrected chi connectivity index (χ2v) is 4.87. The van der Waals surface area contributed by atoms with Gasteiger partial charge in [0.15, 0.2) is 0 Å². The molecule has 0 bridgehead atoms. The molecule has 0 atom stereocenters. The molecule has 0 aliphatic carbocycles. The number of carbonyl (C=O) groups is 1. The van der Waals surface area contributed by atoms with E-state index in [-0.39, 0.29) is 6.03 Å². The van der Waals surface area contributed by atoms with Crippen molar-refractivity contribution in [3.63, 3.8) is 0 Å². The fourth-order valence-corrected chi connectivity index (χ4v) is 2.25. The van der Waals surface area contributed by atoms with E-state index in [0.717, 1.165) is 0 Å². The third-order valence-corrected chi connectivity index (χ3v) is 3.11. The number of hydrogen-bond donors (Lipinski definition) is 2. The zero-order valence-corrected chi connectivity index (χ0v) is 10.1. The molecule has 4 nitrogen and oxygen atoms in total. The molecule has 0 aromatic carbocycles. The molecular formula is C9H17N3OS. The Morgan fingerprint density at radius 3 is 2.21 bits per heavy atom. The summed E-state index contributed by atoms with van der Waals surface area (Å²) in [5.41, 5.74) is -0.862. The van der Waals surface area contributed by atoms with Gasteiger partial charge in [-0.2, -0.15) is 0 Å². The maximum absolute atomic E-state index is 11.7. The number of thiocarbonyl (C=S) groups is 1. The summed E-state index contributed by atoms with van der Waals surface area (Å²) in [5, 5.41) is 5.77. The van der Waals surface area contributed by atoms with E-state index in [1.807, 2.05) is 27.7 Å². The topological polar surface area (TPSA) is 44.4 Å². The molecule has 14 heavy (non-hydrogen) atoms. The monoisotopic (exact) mass is 215 g/mol. The van der Waals surface area contributed by atoms with Crippen molar-refractivity contribution in [1.29, 1.82) is 0 Å². The summed E-state index contributed by atoms with van der Waals surface area (Å²) in [6.07, 6.45) is 0. The molecule has 2 N–H and O–H groups in total. The summed E-state index contributed by atoms with van der Waals surface area (Å²) in [5.74, 6) is 0. The van der Waals surface area contributed by atoms with Crippen LogP contribution in [-0.2, 0) is 0 Å². The highest BCUT2D eigenvalue weighted by Gasteiger charge is 2.50. The third-order valence-electron chi connectivity index (χ3n) is 2.51. The number of nitrogens with zero attached hydrogens (tertiary/aromatic N) is 1. The molecule has 0 saturated carbocycles. The Hall–Kier alpha value is -0.840. The van der Waals surface area contributed by atoms with Gasteiger partial charge in [0, 0.05) is 7.05 Å². The molecular weight excluding hydrogens is 198 g/mol. The Morgan fingerprint density at radius 2 is 1.93 bits per heavy atom. The predicted molar refractivity (Wildman–Crippen MR) is 60.2 cm³/mol. The maximum Gasteiger partial charge on any atom is 0.319 e. The lowest BCUT2D eigenvalue weighted by Crippen LogP contribution is -2.57. The van der Waals surface area contributed by atoms with Crippen LogP contribution < -0.4 is 10.6 Å². The summed E-state index contributed by atoms with van der Waals surface area (Å²) in [4.78, 5) is 14.1. The summed E-state index contributed by atoms with van der Waals surface area (Å²) in [6.45, 7) is 7.74. The van der Waals surface area contributed by atoms with E-state index in [2.05, 4.69) is 10.6 Å². The first-order chi connectivity index (χ1) is 6.23. The normalized spacial score (nSPS) is 23.2. The van der Waals surface area contributed by atoms with Crippen molar-refractivity contribution >= 4 is 23.2 Å². The van der Waals surface area contributed by atoms with E-state index in [0.29, 0.717) is 4.99 Å². The van der Waals surface area contributed by atoms with Crippen LogP contribution >= 0.6 is 12.2 Å². The summed E-state index contributed by atoms with van der Waals surface area (Å²) < 4.78 is 0. The lowest BCUT2D eigenvalue weighted by molar-refractivity contribution is 0.110. The van der Waals surface area contributed by atoms with Crippen LogP contribution in [0.1, 0.15) is 27.7 Å². The van der Waals surface area contributed by atoms with E-state index < -0.39 is 11.2 Å². The quantitative estimate of drug-likeness (QED) is 0.594. The van der Waals surface area contributed by atoms with Crippen molar-refractivity contribution in [2.45, 2.75) is 38.9 Å². The minimum absolute atomic E-state index is 0.118. The first-order valence-corrected chi connectivity index (χ1v) is 4.99. The number of nitrogens with one attached hydrogen (secondary N) is 2. The second kappa shape index (κ2) is 3.08. The highest BCUT2D eigenvalue weighted by molar-refractivity contribution is 7.80. The number of amides is 2. The lowest BCUT2D eigenvalue weighted by Gasteiger charge is -2.37. The molecule has 1 aliphatic rings. The molecule has 1 fully saturated rings. The molecule has 0 aromatic heterocycles. The third kappa shape index (κ3) is 1.45. The van der Waals surface area contributed by atoms with Crippen LogP contribution in [0.15, 0.2) is 0 Å². The number of urea groups is 1. The first-order valence-electron chi connectivity index (χ1n) is 4.58. The van der Waals surface area contributed by atoms with Gasteiger partial charge >= 0.3 is 6.03 Å². The van der Waals surface area contributed by atoms with Crippen LogP contribution in [0.5, 0.6) is 0 Å². The van der Waals surface area contributed by atoms with Gasteiger partial charge < -0.3 is 10.6 Å². The van der Waals surface area contributed by atoms with E-state index in [1.165, 1.54) is 0 Å². The van der Waals surface area contributed by atoms with Crippen molar-refractivity contribution in [2.75, 3.05) is 7.05 Å². The molecule has 80 valence electrons. The van der Waals surface area contributed by atoms with Gasteiger partial charge in [-0.3, -0.25) is 4.90 Å². The van der Waals surface area contributed by atoms with Gasteiger partial charge in [0.2, 0.25) is 0 Å². The average Bonchev–Trinajstić information content (AvgIpc) is 2.16. The lowest BCUT2D eigenvalue weighted by atomic mass is 10.0. The Labute approximate surface area is 90.0 Å². The molecule has 2 amide bonds. The largest absolute Gasteiger partial charge is 0.356 e. The van der Waals surface area contributed by atoms with Crippen molar-refractivity contribution in [3.05, 3.63) is 0 Å². The summed E-state index contributed by atoms with van der Waals surface area (Å²) in [7, 11) is 1.62. The van der Waals surface area contributed by atoms with Gasteiger partial charge in [-0.1, -0.05) is 12.2 Å². The van der Waals surface area contributed by atoms with Gasteiger partial charge in [0.05, 0.1) is 5.54 Å². The zero-order chi connectivity index (χ0) is 11.1. The van der Waals surface area contributed by atoms with Crippen molar-refractivity contribution in [3.8, 4) is 0 Å².